The van der Waals surface area contributed by atoms with Crippen molar-refractivity contribution in [3.63, 3.8) is 0 Å². The smallest absolute Gasteiger partial charge is 0.347 e. The largest absolute Gasteiger partial charge is 0.493 e. The molecule has 0 amide bonds. The molecule has 4 aromatic rings. The predicted octanol–water partition coefficient (Wildman–Crippen LogP) is 4.94. The Hall–Kier alpha value is -4.17. The highest BCUT2D eigenvalue weighted by atomic mass is 35.5. The fourth-order valence-electron chi connectivity index (χ4n) is 3.57. The Labute approximate surface area is 212 Å². The highest BCUT2D eigenvalue weighted by Crippen LogP contribution is 2.35. The molecule has 3 aromatic carbocycles. The number of methoxy groups -OCH3 is 1. The number of rotatable bonds is 8. The van der Waals surface area contributed by atoms with Crippen LogP contribution in [0.15, 0.2) is 76.6 Å². The van der Waals surface area contributed by atoms with E-state index in [1.807, 2.05) is 36.4 Å². The maximum atomic E-state index is 13.4. The first-order valence-electron chi connectivity index (χ1n) is 11.2. The zero-order chi connectivity index (χ0) is 25.7. The van der Waals surface area contributed by atoms with Crippen molar-refractivity contribution in [2.45, 2.75) is 20.0 Å². The number of fused-ring (bicyclic) bond motifs is 1. The van der Waals surface area contributed by atoms with Crippen molar-refractivity contribution in [1.82, 2.24) is 9.66 Å². The average Bonchev–Trinajstić information content (AvgIpc) is 2.89. The van der Waals surface area contributed by atoms with Crippen LogP contribution in [0.25, 0.3) is 22.3 Å². The quantitative estimate of drug-likeness (QED) is 0.249. The zero-order valence-corrected chi connectivity index (χ0v) is 20.7. The summed E-state index contributed by atoms with van der Waals surface area (Å²) < 4.78 is 17.6. The molecule has 0 aliphatic rings. The highest BCUT2D eigenvalue weighted by Gasteiger charge is 2.21. The van der Waals surface area contributed by atoms with Crippen molar-refractivity contribution in [3.05, 3.63) is 87.7 Å². The van der Waals surface area contributed by atoms with Gasteiger partial charge in [-0.1, -0.05) is 54.1 Å². The van der Waals surface area contributed by atoms with E-state index in [1.54, 1.807) is 44.2 Å². The molecule has 4 rings (SSSR count). The van der Waals surface area contributed by atoms with Crippen molar-refractivity contribution in [2.24, 2.45) is 5.10 Å². The van der Waals surface area contributed by atoms with E-state index >= 15 is 0 Å². The van der Waals surface area contributed by atoms with Crippen LogP contribution in [0.5, 0.6) is 11.5 Å². The predicted molar refractivity (Wildman–Crippen MR) is 139 cm³/mol. The molecule has 0 aliphatic heterocycles. The number of halogens is 1. The van der Waals surface area contributed by atoms with Crippen LogP contribution in [0.3, 0.4) is 0 Å². The minimum atomic E-state index is -0.919. The number of nitrogens with zero attached hydrogens (tertiary/aromatic N) is 3. The average molecular weight is 506 g/mol. The van der Waals surface area contributed by atoms with Crippen LogP contribution >= 0.6 is 11.6 Å². The number of esters is 1. The molecule has 1 aromatic heterocycles. The van der Waals surface area contributed by atoms with Crippen molar-refractivity contribution in [2.75, 3.05) is 13.7 Å². The maximum Gasteiger partial charge on any atom is 0.347 e. The van der Waals surface area contributed by atoms with Crippen molar-refractivity contribution >= 4 is 34.7 Å². The number of carbonyl (C=O) groups excluding carboxylic acids is 1. The summed E-state index contributed by atoms with van der Waals surface area (Å²) in [6.45, 7) is 3.50. The van der Waals surface area contributed by atoms with E-state index in [9.17, 15) is 9.59 Å². The van der Waals surface area contributed by atoms with Crippen LogP contribution in [0, 0.1) is 0 Å². The maximum absolute atomic E-state index is 13.4. The molecule has 0 unspecified atom stereocenters. The molecule has 0 fully saturated rings. The lowest BCUT2D eigenvalue weighted by atomic mass is 10.2. The Balaban J connectivity index is 1.86. The van der Waals surface area contributed by atoms with Gasteiger partial charge in [-0.3, -0.25) is 4.79 Å². The Morgan fingerprint density at radius 1 is 1.14 bits per heavy atom. The molecular formula is C27H24ClN3O5. The van der Waals surface area contributed by atoms with Gasteiger partial charge in [-0.05, 0) is 32.0 Å². The number of hydrogen-bond donors (Lipinski definition) is 0. The fourth-order valence-corrected chi connectivity index (χ4v) is 3.79. The molecule has 8 nitrogen and oxygen atoms in total. The van der Waals surface area contributed by atoms with Gasteiger partial charge in [-0.15, -0.1) is 0 Å². The Bertz CT molecular complexity index is 1480. The molecule has 184 valence electrons. The number of ether oxygens (including phenoxy) is 3. The monoisotopic (exact) mass is 505 g/mol. The third-order valence-electron chi connectivity index (χ3n) is 5.28. The van der Waals surface area contributed by atoms with Crippen LogP contribution < -0.4 is 15.0 Å². The van der Waals surface area contributed by atoms with Gasteiger partial charge in [-0.2, -0.15) is 9.78 Å². The lowest BCUT2D eigenvalue weighted by Crippen LogP contribution is -2.26. The zero-order valence-electron chi connectivity index (χ0n) is 20.0. The van der Waals surface area contributed by atoms with E-state index < -0.39 is 12.1 Å². The summed E-state index contributed by atoms with van der Waals surface area (Å²) in [7, 11) is 1.46. The van der Waals surface area contributed by atoms with Crippen molar-refractivity contribution in [1.29, 1.82) is 0 Å². The SMILES string of the molecule is CCOC(=O)[C@H](C)Oc1c(C=Nn2c(-c3ccccc3)nc3ccccc3c2=O)cc(Cl)cc1OC. The van der Waals surface area contributed by atoms with Gasteiger partial charge in [0, 0.05) is 22.2 Å². The van der Waals surface area contributed by atoms with E-state index in [2.05, 4.69) is 5.10 Å². The van der Waals surface area contributed by atoms with Gasteiger partial charge in [0.15, 0.2) is 23.4 Å². The second-order valence-corrected chi connectivity index (χ2v) is 8.16. The number of aromatic nitrogens is 2. The molecule has 0 saturated carbocycles. The minimum Gasteiger partial charge on any atom is -0.493 e. The van der Waals surface area contributed by atoms with Crippen LogP contribution in [-0.2, 0) is 9.53 Å². The van der Waals surface area contributed by atoms with Crippen LogP contribution in [0.2, 0.25) is 5.02 Å². The normalized spacial score (nSPS) is 12.0. The van der Waals surface area contributed by atoms with Gasteiger partial charge < -0.3 is 14.2 Å². The fraction of sp³-hybridized carbons (Fsp3) is 0.185. The number of para-hydroxylation sites is 1. The molecular weight excluding hydrogens is 482 g/mol. The van der Waals surface area contributed by atoms with E-state index in [-0.39, 0.29) is 17.9 Å². The Morgan fingerprint density at radius 2 is 1.86 bits per heavy atom. The summed E-state index contributed by atoms with van der Waals surface area (Å²) in [5.41, 5.74) is 1.33. The molecule has 0 aliphatic carbocycles. The minimum absolute atomic E-state index is 0.221. The number of hydrogen-bond acceptors (Lipinski definition) is 7. The molecule has 36 heavy (non-hydrogen) atoms. The van der Waals surface area contributed by atoms with Gasteiger partial charge in [-0.25, -0.2) is 9.78 Å². The van der Waals surface area contributed by atoms with Gasteiger partial charge in [0.25, 0.3) is 5.56 Å². The van der Waals surface area contributed by atoms with E-state index in [0.29, 0.717) is 38.6 Å². The van der Waals surface area contributed by atoms with Crippen LogP contribution in [-0.4, -0.2) is 41.7 Å². The highest BCUT2D eigenvalue weighted by molar-refractivity contribution is 6.31. The Morgan fingerprint density at radius 3 is 2.58 bits per heavy atom. The molecule has 9 heteroatoms. The molecule has 0 bridgehead atoms. The van der Waals surface area contributed by atoms with Crippen LogP contribution in [0.1, 0.15) is 19.4 Å². The second-order valence-electron chi connectivity index (χ2n) is 7.72. The summed E-state index contributed by atoms with van der Waals surface area (Å²) in [6, 6.07) is 19.5. The van der Waals surface area contributed by atoms with E-state index in [0.717, 1.165) is 0 Å². The van der Waals surface area contributed by atoms with E-state index in [1.165, 1.54) is 18.0 Å². The van der Waals surface area contributed by atoms with E-state index in [4.69, 9.17) is 30.8 Å². The summed E-state index contributed by atoms with van der Waals surface area (Å²) in [5.74, 6) is 0.368. The summed E-state index contributed by atoms with van der Waals surface area (Å²) >= 11 is 6.30. The lowest BCUT2D eigenvalue weighted by Gasteiger charge is -2.18. The second kappa shape index (κ2) is 11.0. The first-order valence-corrected chi connectivity index (χ1v) is 11.6. The molecule has 1 heterocycles. The van der Waals surface area contributed by atoms with Gasteiger partial charge in [0.05, 0.1) is 30.8 Å². The van der Waals surface area contributed by atoms with Gasteiger partial charge >= 0.3 is 5.97 Å². The molecule has 0 saturated heterocycles. The summed E-state index contributed by atoms with van der Waals surface area (Å²) in [5, 5.41) is 5.25. The molecule has 1 atom stereocenters. The number of benzene rings is 3. The van der Waals surface area contributed by atoms with Gasteiger partial charge in [0.2, 0.25) is 0 Å². The van der Waals surface area contributed by atoms with Crippen molar-refractivity contribution < 1.29 is 19.0 Å². The topological polar surface area (TPSA) is 92.0 Å². The summed E-state index contributed by atoms with van der Waals surface area (Å²) in [4.78, 5) is 30.3. The van der Waals surface area contributed by atoms with Crippen LogP contribution in [0.4, 0.5) is 0 Å². The van der Waals surface area contributed by atoms with Crippen molar-refractivity contribution in [3.8, 4) is 22.9 Å². The first-order chi connectivity index (χ1) is 17.4. The van der Waals surface area contributed by atoms with Gasteiger partial charge in [0.1, 0.15) is 0 Å². The molecule has 0 N–H and O–H groups in total. The third kappa shape index (κ3) is 5.23. The lowest BCUT2D eigenvalue weighted by molar-refractivity contribution is -0.150. The number of carbonyl (C=O) groups is 1. The molecule has 0 radical (unpaired) electrons. The molecule has 0 spiro atoms. The third-order valence-corrected chi connectivity index (χ3v) is 5.50. The standard InChI is InChI=1S/C27H24ClN3O5/c1-4-35-27(33)17(2)36-24-19(14-20(28)15-23(24)34-3)16-29-31-25(18-10-6-5-7-11-18)30-22-13-9-8-12-21(22)26(31)32/h5-17H,4H2,1-3H3/t17-/m0/s1. The summed E-state index contributed by atoms with van der Waals surface area (Å²) in [6.07, 6.45) is 0.503. The first kappa shape index (κ1) is 24.9. The Kier molecular flexibility index (Phi) is 7.65.